The van der Waals surface area contributed by atoms with E-state index < -0.39 is 0 Å². The first-order chi connectivity index (χ1) is 15.2. The van der Waals surface area contributed by atoms with Crippen LogP contribution in [0.25, 0.3) is 11.6 Å². The summed E-state index contributed by atoms with van der Waals surface area (Å²) in [6, 6.07) is 13.6. The van der Waals surface area contributed by atoms with Crippen LogP contribution < -0.4 is 0 Å². The number of benzene rings is 2. The van der Waals surface area contributed by atoms with E-state index >= 15 is 0 Å². The van der Waals surface area contributed by atoms with Crippen LogP contribution in [0.3, 0.4) is 0 Å². The maximum Gasteiger partial charge on any atom is -0.0155 e. The molecule has 0 aliphatic rings. The monoisotopic (exact) mass is 428 g/mol. The van der Waals surface area contributed by atoms with Crippen LogP contribution in [-0.2, 0) is 0 Å². The van der Waals surface area contributed by atoms with Crippen molar-refractivity contribution in [2.75, 3.05) is 0 Å². The van der Waals surface area contributed by atoms with Gasteiger partial charge in [-0.1, -0.05) is 129 Å². The van der Waals surface area contributed by atoms with E-state index in [0.29, 0.717) is 23.7 Å². The smallest absolute Gasteiger partial charge is 0.0155 e. The van der Waals surface area contributed by atoms with Crippen LogP contribution in [0.5, 0.6) is 0 Å². The second-order valence-corrected chi connectivity index (χ2v) is 10.1. The summed E-state index contributed by atoms with van der Waals surface area (Å²) in [5, 5.41) is 0. The minimum Gasteiger partial charge on any atom is -0.0622 e. The largest absolute Gasteiger partial charge is 0.0622 e. The van der Waals surface area contributed by atoms with Crippen LogP contribution in [0.1, 0.15) is 126 Å². The van der Waals surface area contributed by atoms with Crippen LogP contribution in [0.15, 0.2) is 60.7 Å². The highest BCUT2D eigenvalue weighted by Gasteiger charge is 2.16. The van der Waals surface area contributed by atoms with Crippen molar-refractivity contribution in [3.8, 4) is 0 Å². The normalized spacial score (nSPS) is 13.1. The van der Waals surface area contributed by atoms with Crippen molar-refractivity contribution in [1.82, 2.24) is 0 Å². The fourth-order valence-electron chi connectivity index (χ4n) is 4.49. The topological polar surface area (TPSA) is 0 Å². The van der Waals surface area contributed by atoms with Gasteiger partial charge in [-0.3, -0.25) is 0 Å². The van der Waals surface area contributed by atoms with Gasteiger partial charge in [0.05, 0.1) is 0 Å². The highest BCUT2D eigenvalue weighted by atomic mass is 14.2. The molecule has 0 bridgehead atoms. The summed E-state index contributed by atoms with van der Waals surface area (Å²) in [6.45, 7) is 20.6. The Hall–Kier alpha value is -2.34. The molecule has 0 radical (unpaired) electrons. The first-order valence-corrected chi connectivity index (χ1v) is 12.5. The lowest BCUT2D eigenvalue weighted by molar-refractivity contribution is 0.825. The van der Waals surface area contributed by atoms with Crippen LogP contribution in [-0.4, -0.2) is 0 Å². The number of rotatable bonds is 9. The minimum atomic E-state index is 0.518. The average Bonchev–Trinajstić information content (AvgIpc) is 2.75. The van der Waals surface area contributed by atoms with E-state index in [1.54, 1.807) is 0 Å². The molecule has 32 heavy (non-hydrogen) atoms. The molecule has 0 aliphatic heterocycles. The van der Waals surface area contributed by atoms with Crippen LogP contribution >= 0.6 is 0 Å². The van der Waals surface area contributed by atoms with Crippen molar-refractivity contribution in [1.29, 1.82) is 0 Å². The van der Waals surface area contributed by atoms with Gasteiger partial charge in [-0.2, -0.15) is 0 Å². The lowest BCUT2D eigenvalue weighted by Crippen LogP contribution is -2.02. The molecule has 0 amide bonds. The molecule has 0 N–H and O–H groups in total. The Morgan fingerprint density at radius 1 is 0.625 bits per heavy atom. The summed E-state index contributed by atoms with van der Waals surface area (Å²) >= 11 is 0. The van der Waals surface area contributed by atoms with E-state index in [1.807, 2.05) is 0 Å². The van der Waals surface area contributed by atoms with E-state index in [9.17, 15) is 0 Å². The van der Waals surface area contributed by atoms with E-state index in [4.69, 9.17) is 0 Å². The van der Waals surface area contributed by atoms with Gasteiger partial charge >= 0.3 is 0 Å². The van der Waals surface area contributed by atoms with Crippen LogP contribution in [0.2, 0.25) is 0 Å². The third-order valence-corrected chi connectivity index (χ3v) is 6.28. The zero-order chi connectivity index (χ0) is 23.8. The Bertz CT molecular complexity index is 909. The average molecular weight is 429 g/mol. The van der Waals surface area contributed by atoms with Gasteiger partial charge in [-0.25, -0.2) is 0 Å². The molecule has 2 aromatic rings. The molecule has 0 aliphatic carbocycles. The molecule has 0 atom stereocenters. The summed E-state index contributed by atoms with van der Waals surface area (Å²) in [7, 11) is 0. The standard InChI is InChI=1S/C32H44/c1-10-26(32-29(24(6)7)20-15-21-30(32)25(8)9)16-12-11-13-17-31-27(22(2)3)18-14-19-28(31)23(4)5/h11-25H,10H2,1-9H3/b12-11-,17-13?,26-16-. The molecule has 0 unspecified atom stereocenters. The van der Waals surface area contributed by atoms with Gasteiger partial charge in [-0.05, 0) is 69.0 Å². The Labute approximate surface area is 198 Å². The Balaban J connectivity index is 2.41. The molecule has 0 saturated heterocycles. The van der Waals surface area contributed by atoms with Crippen molar-refractivity contribution < 1.29 is 0 Å². The van der Waals surface area contributed by atoms with E-state index in [1.165, 1.54) is 39.0 Å². The fraction of sp³-hybridized carbons (Fsp3) is 0.438. The van der Waals surface area contributed by atoms with Crippen molar-refractivity contribution in [2.45, 2.75) is 92.4 Å². The van der Waals surface area contributed by atoms with Gasteiger partial charge in [0.25, 0.3) is 0 Å². The SMILES string of the molecule is CC/C(=C/C=C\C=Cc1c(C(C)C)cccc1C(C)C)c1c(C(C)C)cccc1C(C)C. The van der Waals surface area contributed by atoms with Gasteiger partial charge in [0.15, 0.2) is 0 Å². The highest BCUT2D eigenvalue weighted by molar-refractivity contribution is 5.73. The lowest BCUT2D eigenvalue weighted by atomic mass is 9.84. The summed E-state index contributed by atoms with van der Waals surface area (Å²) in [5.41, 5.74) is 10.0. The summed E-state index contributed by atoms with van der Waals surface area (Å²) < 4.78 is 0. The second kappa shape index (κ2) is 12.0. The molecule has 0 spiro atoms. The molecule has 172 valence electrons. The van der Waals surface area contributed by atoms with Crippen molar-refractivity contribution in [3.05, 3.63) is 94.1 Å². The predicted molar refractivity (Wildman–Crippen MR) is 146 cm³/mol. The third kappa shape index (κ3) is 6.35. The molecular formula is C32H44. The fourth-order valence-corrected chi connectivity index (χ4v) is 4.49. The van der Waals surface area contributed by atoms with Gasteiger partial charge in [0.1, 0.15) is 0 Å². The Kier molecular flexibility index (Phi) is 9.76. The van der Waals surface area contributed by atoms with Crippen molar-refractivity contribution in [2.24, 2.45) is 0 Å². The van der Waals surface area contributed by atoms with Gasteiger partial charge in [-0.15, -0.1) is 0 Å². The van der Waals surface area contributed by atoms with Gasteiger partial charge in [0, 0.05) is 0 Å². The molecule has 2 rings (SSSR count). The first kappa shape index (κ1) is 25.9. The third-order valence-electron chi connectivity index (χ3n) is 6.28. The number of allylic oxidation sites excluding steroid dienone is 5. The maximum absolute atomic E-state index is 2.31. The van der Waals surface area contributed by atoms with Crippen molar-refractivity contribution in [3.63, 3.8) is 0 Å². The highest BCUT2D eigenvalue weighted by Crippen LogP contribution is 2.34. The molecule has 2 aromatic carbocycles. The zero-order valence-corrected chi connectivity index (χ0v) is 21.9. The molecule has 0 heteroatoms. The lowest BCUT2D eigenvalue weighted by Gasteiger charge is -2.21. The van der Waals surface area contributed by atoms with Crippen LogP contribution in [0.4, 0.5) is 0 Å². The zero-order valence-electron chi connectivity index (χ0n) is 21.9. The molecule has 0 heterocycles. The summed E-state index contributed by atoms with van der Waals surface area (Å²) in [4.78, 5) is 0. The first-order valence-electron chi connectivity index (χ1n) is 12.5. The minimum absolute atomic E-state index is 0.518. The van der Waals surface area contributed by atoms with E-state index in [0.717, 1.165) is 6.42 Å². The van der Waals surface area contributed by atoms with E-state index in [-0.39, 0.29) is 0 Å². The molecule has 0 fully saturated rings. The summed E-state index contributed by atoms with van der Waals surface area (Å²) in [5.74, 6) is 2.07. The number of hydrogen-bond donors (Lipinski definition) is 0. The summed E-state index contributed by atoms with van der Waals surface area (Å²) in [6.07, 6.45) is 12.2. The maximum atomic E-state index is 2.31. The molecular weight excluding hydrogens is 384 g/mol. The molecule has 0 aromatic heterocycles. The van der Waals surface area contributed by atoms with E-state index in [2.05, 4.69) is 129 Å². The van der Waals surface area contributed by atoms with Gasteiger partial charge in [0.2, 0.25) is 0 Å². The van der Waals surface area contributed by atoms with Crippen molar-refractivity contribution >= 4 is 11.6 Å². The Morgan fingerprint density at radius 2 is 1.06 bits per heavy atom. The van der Waals surface area contributed by atoms with Gasteiger partial charge < -0.3 is 0 Å². The second-order valence-electron chi connectivity index (χ2n) is 10.1. The quantitative estimate of drug-likeness (QED) is 0.348. The Morgan fingerprint density at radius 3 is 1.47 bits per heavy atom. The molecule has 0 saturated carbocycles. The van der Waals surface area contributed by atoms with Crippen LogP contribution in [0, 0.1) is 0 Å². The predicted octanol–water partition coefficient (Wildman–Crippen LogP) is 10.2. The number of hydrogen-bond acceptors (Lipinski definition) is 0. The molecule has 0 nitrogen and oxygen atoms in total.